The minimum absolute atomic E-state index is 0.122. The minimum atomic E-state index is -0.714. The van der Waals surface area contributed by atoms with Crippen LogP contribution in [0.2, 0.25) is 5.02 Å². The molecule has 0 bridgehead atoms. The summed E-state index contributed by atoms with van der Waals surface area (Å²) in [5.74, 6) is 0.959. The highest BCUT2D eigenvalue weighted by atomic mass is 35.5. The summed E-state index contributed by atoms with van der Waals surface area (Å²) in [6.07, 6.45) is 0.652. The van der Waals surface area contributed by atoms with Gasteiger partial charge < -0.3 is 14.9 Å². The minimum Gasteiger partial charge on any atom is -0.494 e. The highest BCUT2D eigenvalue weighted by Gasteiger charge is 2.22. The third kappa shape index (κ3) is 3.87. The lowest BCUT2D eigenvalue weighted by Gasteiger charge is -2.24. The van der Waals surface area contributed by atoms with E-state index >= 15 is 0 Å². The number of hydrogen-bond donors (Lipinski definition) is 2. The van der Waals surface area contributed by atoms with E-state index in [2.05, 4.69) is 6.92 Å². The lowest BCUT2D eigenvalue weighted by molar-refractivity contribution is 0.0814. The first-order valence-electron chi connectivity index (χ1n) is 7.17. The molecule has 114 valence electrons. The average Bonchev–Trinajstić information content (AvgIpc) is 2.43. The lowest BCUT2D eigenvalue weighted by Crippen LogP contribution is -2.17. The molecule has 0 aliphatic heterocycles. The van der Waals surface area contributed by atoms with Gasteiger partial charge >= 0.3 is 0 Å². The van der Waals surface area contributed by atoms with Crippen LogP contribution in [0.15, 0.2) is 6.07 Å². The van der Waals surface area contributed by atoms with Gasteiger partial charge in [0.1, 0.15) is 5.75 Å². The third-order valence-corrected chi connectivity index (χ3v) is 4.24. The molecule has 0 saturated heterocycles. The van der Waals surface area contributed by atoms with Crippen molar-refractivity contribution in [1.82, 2.24) is 0 Å². The molecule has 3 nitrogen and oxygen atoms in total. The molecular formula is C16H25ClO3. The fraction of sp³-hybridized carbons (Fsp3) is 0.625. The van der Waals surface area contributed by atoms with Crippen molar-refractivity contribution in [3.8, 4) is 5.75 Å². The molecule has 0 amide bonds. The fourth-order valence-corrected chi connectivity index (χ4v) is 2.77. The van der Waals surface area contributed by atoms with E-state index in [9.17, 15) is 5.11 Å². The summed E-state index contributed by atoms with van der Waals surface area (Å²) >= 11 is 6.36. The van der Waals surface area contributed by atoms with Crippen LogP contribution in [0.25, 0.3) is 0 Å². The van der Waals surface area contributed by atoms with Crippen molar-refractivity contribution >= 4 is 11.6 Å². The van der Waals surface area contributed by atoms with Crippen molar-refractivity contribution in [1.29, 1.82) is 0 Å². The molecule has 4 heteroatoms. The highest BCUT2D eigenvalue weighted by molar-refractivity contribution is 6.32. The second-order valence-corrected chi connectivity index (χ2v) is 5.53. The lowest BCUT2D eigenvalue weighted by atomic mass is 9.86. The summed E-state index contributed by atoms with van der Waals surface area (Å²) < 4.78 is 5.75. The van der Waals surface area contributed by atoms with Crippen molar-refractivity contribution in [2.75, 3.05) is 13.2 Å². The molecule has 2 N–H and O–H groups in total. The van der Waals surface area contributed by atoms with E-state index in [-0.39, 0.29) is 12.5 Å². The summed E-state index contributed by atoms with van der Waals surface area (Å²) in [6.45, 7) is 8.34. The van der Waals surface area contributed by atoms with Gasteiger partial charge in [0.15, 0.2) is 0 Å². The van der Waals surface area contributed by atoms with E-state index in [1.165, 1.54) is 0 Å². The molecule has 0 heterocycles. The molecule has 2 atom stereocenters. The number of halogens is 1. The molecule has 1 aromatic carbocycles. The zero-order valence-corrected chi connectivity index (χ0v) is 13.5. The molecular weight excluding hydrogens is 276 g/mol. The van der Waals surface area contributed by atoms with Gasteiger partial charge in [0.05, 0.1) is 19.3 Å². The molecule has 0 fully saturated rings. The molecule has 0 aromatic heterocycles. The largest absolute Gasteiger partial charge is 0.494 e. The predicted molar refractivity (Wildman–Crippen MR) is 82.8 cm³/mol. The number of rotatable bonds is 7. The topological polar surface area (TPSA) is 49.7 Å². The van der Waals surface area contributed by atoms with Gasteiger partial charge in [-0.25, -0.2) is 0 Å². The Morgan fingerprint density at radius 1 is 1.30 bits per heavy atom. The molecule has 1 aromatic rings. The Labute approximate surface area is 126 Å². The maximum Gasteiger partial charge on any atom is 0.123 e. The van der Waals surface area contributed by atoms with Gasteiger partial charge in [0.2, 0.25) is 0 Å². The number of aliphatic hydroxyl groups is 2. The van der Waals surface area contributed by atoms with Crippen LogP contribution in [0.1, 0.15) is 49.3 Å². The standard InChI is InChI=1S/C16H25ClO3/c1-5-12(8-13(19)9-18)15-11(4)16(17)10(3)7-14(15)20-6-2/h7,12-13,18-19H,5-6,8-9H2,1-4H3. The maximum atomic E-state index is 9.73. The van der Waals surface area contributed by atoms with Crippen molar-refractivity contribution in [3.05, 3.63) is 27.8 Å². The van der Waals surface area contributed by atoms with Gasteiger partial charge in [-0.1, -0.05) is 18.5 Å². The number of aliphatic hydroxyl groups excluding tert-OH is 2. The van der Waals surface area contributed by atoms with E-state index in [1.807, 2.05) is 26.8 Å². The highest BCUT2D eigenvalue weighted by Crippen LogP contribution is 2.39. The smallest absolute Gasteiger partial charge is 0.123 e. The van der Waals surface area contributed by atoms with Crippen LogP contribution in [-0.2, 0) is 0 Å². The van der Waals surface area contributed by atoms with Crippen LogP contribution < -0.4 is 4.74 Å². The van der Waals surface area contributed by atoms with Gasteiger partial charge in [-0.2, -0.15) is 0 Å². The Balaban J connectivity index is 3.27. The summed E-state index contributed by atoms with van der Waals surface area (Å²) in [6, 6.07) is 1.96. The van der Waals surface area contributed by atoms with E-state index in [1.54, 1.807) is 0 Å². The molecule has 0 radical (unpaired) electrons. The van der Waals surface area contributed by atoms with E-state index in [0.29, 0.717) is 13.0 Å². The van der Waals surface area contributed by atoms with E-state index in [4.69, 9.17) is 21.4 Å². The summed E-state index contributed by atoms with van der Waals surface area (Å²) in [7, 11) is 0. The predicted octanol–water partition coefficient (Wildman–Crippen LogP) is 3.59. The second-order valence-electron chi connectivity index (χ2n) is 5.15. The Kier molecular flexibility index (Phi) is 6.80. The quantitative estimate of drug-likeness (QED) is 0.809. The summed E-state index contributed by atoms with van der Waals surface area (Å²) in [5, 5.41) is 19.5. The molecule has 0 spiro atoms. The van der Waals surface area contributed by atoms with E-state index < -0.39 is 6.10 Å². The number of aryl methyl sites for hydroxylation is 1. The van der Waals surface area contributed by atoms with Crippen LogP contribution in [0, 0.1) is 13.8 Å². The summed E-state index contributed by atoms with van der Waals surface area (Å²) in [5.41, 5.74) is 3.05. The van der Waals surface area contributed by atoms with E-state index in [0.717, 1.165) is 33.9 Å². The van der Waals surface area contributed by atoms with Crippen LogP contribution in [0.3, 0.4) is 0 Å². The zero-order chi connectivity index (χ0) is 15.3. The van der Waals surface area contributed by atoms with Crippen molar-refractivity contribution in [2.24, 2.45) is 0 Å². The normalized spacial score (nSPS) is 14.2. The average molecular weight is 301 g/mol. The van der Waals surface area contributed by atoms with Crippen molar-refractivity contribution < 1.29 is 14.9 Å². The molecule has 20 heavy (non-hydrogen) atoms. The van der Waals surface area contributed by atoms with Crippen LogP contribution >= 0.6 is 11.6 Å². The Bertz CT molecular complexity index is 446. The van der Waals surface area contributed by atoms with Crippen LogP contribution in [0.5, 0.6) is 5.75 Å². The Hall–Kier alpha value is -0.770. The first kappa shape index (κ1) is 17.3. The Morgan fingerprint density at radius 2 is 1.95 bits per heavy atom. The maximum absolute atomic E-state index is 9.73. The molecule has 0 saturated carbocycles. The second kappa shape index (κ2) is 7.87. The molecule has 0 aliphatic carbocycles. The first-order valence-corrected chi connectivity index (χ1v) is 7.55. The number of ether oxygens (including phenoxy) is 1. The SMILES string of the molecule is CCOc1cc(C)c(Cl)c(C)c1C(CC)CC(O)CO. The Morgan fingerprint density at radius 3 is 2.45 bits per heavy atom. The van der Waals surface area contributed by atoms with Gasteiger partial charge in [0, 0.05) is 10.6 Å². The summed E-state index contributed by atoms with van der Waals surface area (Å²) in [4.78, 5) is 0. The van der Waals surface area contributed by atoms with Gasteiger partial charge in [-0.3, -0.25) is 0 Å². The first-order chi connectivity index (χ1) is 9.46. The third-order valence-electron chi connectivity index (χ3n) is 3.66. The van der Waals surface area contributed by atoms with Gasteiger partial charge in [-0.15, -0.1) is 0 Å². The number of hydrogen-bond acceptors (Lipinski definition) is 3. The van der Waals surface area contributed by atoms with Crippen molar-refractivity contribution in [3.63, 3.8) is 0 Å². The number of benzene rings is 1. The zero-order valence-electron chi connectivity index (χ0n) is 12.7. The fourth-order valence-electron chi connectivity index (χ4n) is 2.61. The van der Waals surface area contributed by atoms with Crippen LogP contribution in [-0.4, -0.2) is 29.5 Å². The molecule has 0 aliphatic rings. The molecule has 1 rings (SSSR count). The van der Waals surface area contributed by atoms with Gasteiger partial charge in [0.25, 0.3) is 0 Å². The van der Waals surface area contributed by atoms with Crippen LogP contribution in [0.4, 0.5) is 0 Å². The van der Waals surface area contributed by atoms with Gasteiger partial charge in [-0.05, 0) is 56.7 Å². The van der Waals surface area contributed by atoms with Crippen molar-refractivity contribution in [2.45, 2.75) is 52.6 Å². The monoisotopic (exact) mass is 300 g/mol. The molecule has 2 unspecified atom stereocenters.